The van der Waals surface area contributed by atoms with E-state index in [1.807, 2.05) is 54.7 Å². The van der Waals surface area contributed by atoms with E-state index in [9.17, 15) is 8.42 Å². The van der Waals surface area contributed by atoms with Crippen molar-refractivity contribution in [2.24, 2.45) is 5.14 Å². The summed E-state index contributed by atoms with van der Waals surface area (Å²) in [4.78, 5) is 13.0. The molecule has 35 heavy (non-hydrogen) atoms. The summed E-state index contributed by atoms with van der Waals surface area (Å²) in [6.07, 6.45) is 6.23. The van der Waals surface area contributed by atoms with Gasteiger partial charge in [0.05, 0.1) is 19.3 Å². The molecule has 0 aliphatic carbocycles. The second-order valence-electron chi connectivity index (χ2n) is 7.66. The number of benzene rings is 1. The summed E-state index contributed by atoms with van der Waals surface area (Å²) < 4.78 is 30.6. The summed E-state index contributed by atoms with van der Waals surface area (Å²) in [6, 6.07) is 16.7. The van der Waals surface area contributed by atoms with Gasteiger partial charge in [0.25, 0.3) is 0 Å². The first-order valence-electron chi connectivity index (χ1n) is 10.6. The molecule has 4 heterocycles. The largest absolute Gasteiger partial charge is 0.497 e. The molecule has 1 aromatic carbocycles. The zero-order valence-corrected chi connectivity index (χ0v) is 19.5. The van der Waals surface area contributed by atoms with Crippen molar-refractivity contribution in [3.05, 3.63) is 85.1 Å². The number of nitrogens with one attached hydrogen (secondary N) is 1. The molecule has 5 aromatic rings. The molecule has 0 aliphatic rings. The van der Waals surface area contributed by atoms with E-state index in [1.165, 1.54) is 18.5 Å². The lowest BCUT2D eigenvalue weighted by molar-refractivity contribution is 0.415. The molecule has 3 N–H and O–H groups in total. The lowest BCUT2D eigenvalue weighted by atomic mass is 10.1. The van der Waals surface area contributed by atoms with E-state index in [0.29, 0.717) is 17.9 Å². The highest BCUT2D eigenvalue weighted by atomic mass is 32.2. The molecule has 0 bridgehead atoms. The SMILES string of the molecule is COc1ccc(-c2ccn3nc(-c4cncc(S(N)(=O)=O)c4)nc(NCc4ccccn4)c23)cc1. The normalized spacial score (nSPS) is 11.5. The molecular formula is C24H21N7O3S. The second-order valence-corrected chi connectivity index (χ2v) is 9.23. The van der Waals surface area contributed by atoms with Gasteiger partial charge in [-0.1, -0.05) is 18.2 Å². The maximum atomic E-state index is 11.8. The van der Waals surface area contributed by atoms with Crippen LogP contribution in [-0.2, 0) is 16.6 Å². The van der Waals surface area contributed by atoms with Gasteiger partial charge in [-0.2, -0.15) is 0 Å². The van der Waals surface area contributed by atoms with Gasteiger partial charge in [0, 0.05) is 35.9 Å². The van der Waals surface area contributed by atoms with Crippen LogP contribution < -0.4 is 15.2 Å². The molecular weight excluding hydrogens is 466 g/mol. The number of anilines is 1. The molecule has 5 rings (SSSR count). The average molecular weight is 488 g/mol. The fraction of sp³-hybridized carbons (Fsp3) is 0.0833. The number of primary sulfonamides is 1. The van der Waals surface area contributed by atoms with Crippen LogP contribution in [-0.4, -0.2) is 40.1 Å². The first kappa shape index (κ1) is 22.4. The summed E-state index contributed by atoms with van der Waals surface area (Å²) in [7, 11) is -2.31. The minimum absolute atomic E-state index is 0.117. The lowest BCUT2D eigenvalue weighted by Gasteiger charge is -2.12. The first-order chi connectivity index (χ1) is 16.9. The Hall–Kier alpha value is -4.35. The van der Waals surface area contributed by atoms with Gasteiger partial charge in [0.15, 0.2) is 11.6 Å². The van der Waals surface area contributed by atoms with Crippen LogP contribution in [0.2, 0.25) is 0 Å². The Morgan fingerprint density at radius 1 is 1.06 bits per heavy atom. The zero-order valence-electron chi connectivity index (χ0n) is 18.7. The molecule has 0 fully saturated rings. The smallest absolute Gasteiger partial charge is 0.239 e. The van der Waals surface area contributed by atoms with Crippen molar-refractivity contribution >= 4 is 21.4 Å². The average Bonchev–Trinajstić information content (AvgIpc) is 3.32. The van der Waals surface area contributed by atoms with E-state index in [1.54, 1.807) is 17.8 Å². The van der Waals surface area contributed by atoms with Crippen molar-refractivity contribution in [3.8, 4) is 28.3 Å². The van der Waals surface area contributed by atoms with E-state index >= 15 is 0 Å². The molecule has 176 valence electrons. The number of ether oxygens (including phenoxy) is 1. The topological polar surface area (TPSA) is 137 Å². The van der Waals surface area contributed by atoms with Crippen LogP contribution in [0.3, 0.4) is 0 Å². The van der Waals surface area contributed by atoms with Crippen LogP contribution in [0.1, 0.15) is 5.69 Å². The standard InChI is InChI=1S/C24H21N7O3S/c1-34-19-7-5-16(6-8-19)21-9-11-31-22(21)24(28-14-18-4-2-3-10-27-18)29-23(30-31)17-12-20(15-26-13-17)35(25,32)33/h2-13,15H,14H2,1H3,(H2,25,32,33)(H,28,29,30). The molecule has 0 amide bonds. The number of aromatic nitrogens is 5. The molecule has 0 atom stereocenters. The molecule has 4 aromatic heterocycles. The second kappa shape index (κ2) is 9.12. The highest BCUT2D eigenvalue weighted by Gasteiger charge is 2.17. The molecule has 0 saturated heterocycles. The summed E-state index contributed by atoms with van der Waals surface area (Å²) in [5, 5.41) is 13.3. The van der Waals surface area contributed by atoms with Crippen LogP contribution >= 0.6 is 0 Å². The number of hydrogen-bond donors (Lipinski definition) is 2. The number of methoxy groups -OCH3 is 1. The molecule has 0 aliphatic heterocycles. The van der Waals surface area contributed by atoms with Crippen molar-refractivity contribution < 1.29 is 13.2 Å². The number of rotatable bonds is 7. The van der Waals surface area contributed by atoms with Gasteiger partial charge >= 0.3 is 0 Å². The third kappa shape index (κ3) is 4.67. The van der Waals surface area contributed by atoms with Gasteiger partial charge in [-0.05, 0) is 42.0 Å². The predicted octanol–water partition coefficient (Wildman–Crippen LogP) is 3.12. The van der Waals surface area contributed by atoms with Crippen molar-refractivity contribution in [1.29, 1.82) is 0 Å². The zero-order chi connectivity index (χ0) is 24.4. The van der Waals surface area contributed by atoms with Gasteiger partial charge < -0.3 is 10.1 Å². The Morgan fingerprint density at radius 2 is 1.89 bits per heavy atom. The third-order valence-electron chi connectivity index (χ3n) is 5.38. The van der Waals surface area contributed by atoms with Crippen LogP contribution in [0.4, 0.5) is 5.82 Å². The van der Waals surface area contributed by atoms with Gasteiger partial charge in [-0.25, -0.2) is 23.1 Å². The van der Waals surface area contributed by atoms with E-state index in [0.717, 1.165) is 28.1 Å². The van der Waals surface area contributed by atoms with Crippen LogP contribution in [0.5, 0.6) is 5.75 Å². The Morgan fingerprint density at radius 3 is 2.60 bits per heavy atom. The number of nitrogens with two attached hydrogens (primary N) is 1. The number of nitrogens with zero attached hydrogens (tertiary/aromatic N) is 5. The van der Waals surface area contributed by atoms with E-state index in [4.69, 9.17) is 14.9 Å². The monoisotopic (exact) mass is 487 g/mol. The Balaban J connectivity index is 1.64. The molecule has 0 radical (unpaired) electrons. The van der Waals surface area contributed by atoms with Crippen molar-refractivity contribution in [1.82, 2.24) is 24.6 Å². The fourth-order valence-electron chi connectivity index (χ4n) is 3.65. The fourth-order valence-corrected chi connectivity index (χ4v) is 4.15. The van der Waals surface area contributed by atoms with Crippen molar-refractivity contribution in [3.63, 3.8) is 0 Å². The molecule has 0 spiro atoms. The van der Waals surface area contributed by atoms with Gasteiger partial charge in [-0.3, -0.25) is 9.97 Å². The van der Waals surface area contributed by atoms with Crippen LogP contribution in [0.25, 0.3) is 28.0 Å². The molecule has 10 nitrogen and oxygen atoms in total. The van der Waals surface area contributed by atoms with Gasteiger partial charge in [0.2, 0.25) is 10.0 Å². The van der Waals surface area contributed by atoms with Crippen molar-refractivity contribution in [2.75, 3.05) is 12.4 Å². The summed E-state index contributed by atoms with van der Waals surface area (Å²) in [5.41, 5.74) is 3.88. The molecule has 11 heteroatoms. The first-order valence-corrected chi connectivity index (χ1v) is 12.1. The Bertz CT molecular complexity index is 1600. The summed E-state index contributed by atoms with van der Waals surface area (Å²) >= 11 is 0. The minimum Gasteiger partial charge on any atom is -0.497 e. The maximum Gasteiger partial charge on any atom is 0.239 e. The summed E-state index contributed by atoms with van der Waals surface area (Å²) in [5.74, 6) is 1.60. The number of sulfonamides is 1. The Labute approximate surface area is 201 Å². The minimum atomic E-state index is -3.93. The number of fused-ring (bicyclic) bond motifs is 1. The van der Waals surface area contributed by atoms with Crippen LogP contribution in [0.15, 0.2) is 84.3 Å². The molecule has 0 saturated carbocycles. The van der Waals surface area contributed by atoms with Crippen molar-refractivity contribution in [2.45, 2.75) is 11.4 Å². The third-order valence-corrected chi connectivity index (χ3v) is 6.26. The van der Waals surface area contributed by atoms with Gasteiger partial charge in [0.1, 0.15) is 16.2 Å². The quantitative estimate of drug-likeness (QED) is 0.357. The molecule has 0 unspecified atom stereocenters. The number of hydrogen-bond acceptors (Lipinski definition) is 8. The highest BCUT2D eigenvalue weighted by molar-refractivity contribution is 7.89. The van der Waals surface area contributed by atoms with E-state index in [-0.39, 0.29) is 10.7 Å². The predicted molar refractivity (Wildman–Crippen MR) is 131 cm³/mol. The van der Waals surface area contributed by atoms with Gasteiger partial charge in [-0.15, -0.1) is 5.10 Å². The summed E-state index contributed by atoms with van der Waals surface area (Å²) in [6.45, 7) is 0.426. The van der Waals surface area contributed by atoms with E-state index < -0.39 is 10.0 Å². The van der Waals surface area contributed by atoms with Crippen LogP contribution in [0, 0.1) is 0 Å². The van der Waals surface area contributed by atoms with E-state index in [2.05, 4.69) is 20.4 Å². The Kier molecular flexibility index (Phi) is 5.85. The highest BCUT2D eigenvalue weighted by Crippen LogP contribution is 2.32. The number of pyridine rings is 2. The maximum absolute atomic E-state index is 11.8. The lowest BCUT2D eigenvalue weighted by Crippen LogP contribution is -2.13.